The number of carbonyl (C=O) groups is 3. The summed E-state index contributed by atoms with van der Waals surface area (Å²) in [4.78, 5) is 36.1. The van der Waals surface area contributed by atoms with Gasteiger partial charge in [-0.25, -0.2) is 4.79 Å². The molecule has 0 aromatic heterocycles. The normalized spacial score (nSPS) is 27.1. The van der Waals surface area contributed by atoms with E-state index in [0.29, 0.717) is 0 Å². The molecule has 1 fully saturated rings. The van der Waals surface area contributed by atoms with Crippen LogP contribution in [0.4, 0.5) is 4.79 Å². The predicted molar refractivity (Wildman–Crippen MR) is 66.5 cm³/mol. The van der Waals surface area contributed by atoms with Crippen molar-refractivity contribution in [3.8, 4) is 0 Å². The zero-order valence-corrected chi connectivity index (χ0v) is 11.6. The van der Waals surface area contributed by atoms with Gasteiger partial charge in [-0.05, 0) is 5.92 Å². The van der Waals surface area contributed by atoms with E-state index >= 15 is 0 Å². The van der Waals surface area contributed by atoms with Crippen LogP contribution >= 0.6 is 15.9 Å². The first-order valence-electron chi connectivity index (χ1n) is 5.20. The lowest BCUT2D eigenvalue weighted by atomic mass is 9.71. The molecule has 0 aromatic carbocycles. The Labute approximate surface area is 108 Å². The summed E-state index contributed by atoms with van der Waals surface area (Å²) in [6.07, 6.45) is 1.49. The van der Waals surface area contributed by atoms with Crippen molar-refractivity contribution in [2.75, 3.05) is 7.05 Å². The topological polar surface area (TPSA) is 66.5 Å². The molecule has 1 N–H and O–H groups in total. The second-order valence-electron chi connectivity index (χ2n) is 4.28. The second-order valence-corrected chi connectivity index (χ2v) is 5.27. The number of barbiturate groups is 1. The predicted octanol–water partition coefficient (Wildman–Crippen LogP) is 1.29. The van der Waals surface area contributed by atoms with E-state index in [0.717, 1.165) is 4.90 Å². The van der Waals surface area contributed by atoms with Crippen molar-refractivity contribution in [3.63, 3.8) is 0 Å². The zero-order chi connectivity index (χ0) is 13.4. The molecular formula is C11H15BrN2O3. The van der Waals surface area contributed by atoms with E-state index in [2.05, 4.69) is 27.8 Å². The maximum atomic E-state index is 12.3. The SMILES string of the molecule is C=CC(Br)C1(C(C)C)C(=O)NC(=O)N(C)C1=O. The molecule has 5 nitrogen and oxygen atoms in total. The van der Waals surface area contributed by atoms with Gasteiger partial charge in [0.2, 0.25) is 11.8 Å². The third-order valence-electron chi connectivity index (χ3n) is 3.11. The van der Waals surface area contributed by atoms with Gasteiger partial charge in [0.1, 0.15) is 5.41 Å². The van der Waals surface area contributed by atoms with E-state index in [9.17, 15) is 14.4 Å². The van der Waals surface area contributed by atoms with Crippen LogP contribution in [0.5, 0.6) is 0 Å². The quantitative estimate of drug-likeness (QED) is 0.485. The molecule has 0 radical (unpaired) electrons. The minimum atomic E-state index is -1.33. The summed E-state index contributed by atoms with van der Waals surface area (Å²) in [5.74, 6) is -1.36. The van der Waals surface area contributed by atoms with Gasteiger partial charge < -0.3 is 0 Å². The molecule has 0 spiro atoms. The Morgan fingerprint density at radius 2 is 1.94 bits per heavy atom. The molecule has 0 bridgehead atoms. The van der Waals surface area contributed by atoms with E-state index in [1.54, 1.807) is 13.8 Å². The molecule has 1 heterocycles. The molecular weight excluding hydrogens is 288 g/mol. The van der Waals surface area contributed by atoms with Crippen molar-refractivity contribution >= 4 is 33.8 Å². The fourth-order valence-electron chi connectivity index (χ4n) is 2.01. The first-order chi connectivity index (χ1) is 7.79. The lowest BCUT2D eigenvalue weighted by molar-refractivity contribution is -0.153. The van der Waals surface area contributed by atoms with Crippen molar-refractivity contribution in [1.29, 1.82) is 0 Å². The van der Waals surface area contributed by atoms with E-state index in [-0.39, 0.29) is 5.92 Å². The number of hydrogen-bond donors (Lipinski definition) is 1. The van der Waals surface area contributed by atoms with E-state index < -0.39 is 28.1 Å². The summed E-state index contributed by atoms with van der Waals surface area (Å²) in [7, 11) is 1.35. The van der Waals surface area contributed by atoms with Crippen LogP contribution in [0.3, 0.4) is 0 Å². The fourth-order valence-corrected chi connectivity index (χ4v) is 2.94. The Bertz CT molecular complexity index is 394. The Balaban J connectivity index is 3.37. The van der Waals surface area contributed by atoms with E-state index in [1.807, 2.05) is 0 Å². The van der Waals surface area contributed by atoms with Crippen LogP contribution in [0.25, 0.3) is 0 Å². The van der Waals surface area contributed by atoms with Gasteiger partial charge in [-0.1, -0.05) is 35.9 Å². The molecule has 6 heteroatoms. The van der Waals surface area contributed by atoms with Gasteiger partial charge in [0.15, 0.2) is 0 Å². The lowest BCUT2D eigenvalue weighted by Gasteiger charge is -2.42. The number of urea groups is 1. The monoisotopic (exact) mass is 302 g/mol. The zero-order valence-electron chi connectivity index (χ0n) is 9.99. The average Bonchev–Trinajstić information content (AvgIpc) is 2.25. The summed E-state index contributed by atoms with van der Waals surface area (Å²) < 4.78 is 0. The third-order valence-corrected chi connectivity index (χ3v) is 4.21. The van der Waals surface area contributed by atoms with Crippen molar-refractivity contribution in [2.24, 2.45) is 11.3 Å². The van der Waals surface area contributed by atoms with Crippen LogP contribution in [0.1, 0.15) is 13.8 Å². The number of imide groups is 2. The molecule has 1 rings (SSSR count). The smallest absolute Gasteiger partial charge is 0.277 e. The Kier molecular flexibility index (Phi) is 3.76. The minimum Gasteiger partial charge on any atom is -0.277 e. The molecule has 0 saturated carbocycles. The molecule has 1 saturated heterocycles. The second kappa shape index (κ2) is 4.60. The van der Waals surface area contributed by atoms with Crippen molar-refractivity contribution in [3.05, 3.63) is 12.7 Å². The largest absolute Gasteiger partial charge is 0.330 e. The number of nitrogens with zero attached hydrogens (tertiary/aromatic N) is 1. The number of allylic oxidation sites excluding steroid dienone is 1. The number of alkyl halides is 1. The van der Waals surface area contributed by atoms with E-state index in [4.69, 9.17) is 0 Å². The van der Waals surface area contributed by atoms with Crippen LogP contribution < -0.4 is 5.32 Å². The first kappa shape index (κ1) is 13.9. The number of nitrogens with one attached hydrogen (secondary N) is 1. The standard InChI is InChI=1S/C11H15BrN2O3/c1-5-7(12)11(6(2)3)8(15)13-10(17)14(4)9(11)16/h5-7H,1H2,2-4H3,(H,13,15,17). The number of carbonyl (C=O) groups excluding carboxylic acids is 3. The van der Waals surface area contributed by atoms with Gasteiger partial charge >= 0.3 is 6.03 Å². The minimum absolute atomic E-state index is 0.270. The summed E-state index contributed by atoms with van der Waals surface area (Å²) >= 11 is 3.29. The highest BCUT2D eigenvalue weighted by Crippen LogP contribution is 2.40. The van der Waals surface area contributed by atoms with Gasteiger partial charge in [0.25, 0.3) is 0 Å². The van der Waals surface area contributed by atoms with Gasteiger partial charge in [-0.2, -0.15) is 0 Å². The highest BCUT2D eigenvalue weighted by atomic mass is 79.9. The molecule has 2 unspecified atom stereocenters. The van der Waals surface area contributed by atoms with Crippen LogP contribution in [0.15, 0.2) is 12.7 Å². The molecule has 17 heavy (non-hydrogen) atoms. The lowest BCUT2D eigenvalue weighted by Crippen LogP contribution is -2.67. The summed E-state index contributed by atoms with van der Waals surface area (Å²) in [5.41, 5.74) is -1.33. The molecule has 1 aliphatic heterocycles. The number of halogens is 1. The maximum Gasteiger partial charge on any atom is 0.330 e. The fraction of sp³-hybridized carbons (Fsp3) is 0.545. The molecule has 1 aliphatic rings. The Morgan fingerprint density at radius 3 is 2.35 bits per heavy atom. The number of rotatable bonds is 3. The first-order valence-corrected chi connectivity index (χ1v) is 6.11. The van der Waals surface area contributed by atoms with Crippen molar-refractivity contribution in [1.82, 2.24) is 10.2 Å². The number of amides is 4. The summed E-state index contributed by atoms with van der Waals surface area (Å²) in [5, 5.41) is 2.20. The van der Waals surface area contributed by atoms with Crippen molar-refractivity contribution < 1.29 is 14.4 Å². The summed E-state index contributed by atoms with van der Waals surface area (Å²) in [6.45, 7) is 7.12. The molecule has 0 aromatic rings. The average molecular weight is 303 g/mol. The van der Waals surface area contributed by atoms with Gasteiger partial charge in [-0.15, -0.1) is 6.58 Å². The highest BCUT2D eigenvalue weighted by Gasteiger charge is 2.58. The van der Waals surface area contributed by atoms with Crippen LogP contribution in [-0.2, 0) is 9.59 Å². The Morgan fingerprint density at radius 1 is 1.41 bits per heavy atom. The van der Waals surface area contributed by atoms with E-state index in [1.165, 1.54) is 13.1 Å². The highest BCUT2D eigenvalue weighted by molar-refractivity contribution is 9.09. The molecule has 0 aliphatic carbocycles. The van der Waals surface area contributed by atoms with Crippen LogP contribution in [0, 0.1) is 11.3 Å². The van der Waals surface area contributed by atoms with Crippen LogP contribution in [-0.4, -0.2) is 34.6 Å². The maximum absolute atomic E-state index is 12.3. The van der Waals surface area contributed by atoms with Gasteiger partial charge in [0.05, 0.1) is 4.83 Å². The number of hydrogen-bond acceptors (Lipinski definition) is 3. The van der Waals surface area contributed by atoms with Gasteiger partial charge in [-0.3, -0.25) is 19.8 Å². The van der Waals surface area contributed by atoms with Crippen molar-refractivity contribution in [2.45, 2.75) is 18.7 Å². The summed E-state index contributed by atoms with van der Waals surface area (Å²) in [6, 6.07) is -0.694. The molecule has 4 amide bonds. The molecule has 2 atom stereocenters. The molecule has 94 valence electrons. The Hall–Kier alpha value is -1.17. The third kappa shape index (κ3) is 1.80. The van der Waals surface area contributed by atoms with Gasteiger partial charge in [0, 0.05) is 7.05 Å². The van der Waals surface area contributed by atoms with Crippen LogP contribution in [0.2, 0.25) is 0 Å².